The zero-order valence-electron chi connectivity index (χ0n) is 17.0. The van der Waals surface area contributed by atoms with E-state index in [9.17, 15) is 9.59 Å². The Balaban J connectivity index is 1.53. The van der Waals surface area contributed by atoms with Crippen LogP contribution in [0.25, 0.3) is 10.2 Å². The monoisotopic (exact) mass is 470 g/mol. The summed E-state index contributed by atoms with van der Waals surface area (Å²) in [4.78, 5) is 39.9. The van der Waals surface area contributed by atoms with Crippen LogP contribution in [-0.4, -0.2) is 26.8 Å². The molecule has 158 valence electrons. The quantitative estimate of drug-likeness (QED) is 0.304. The van der Waals surface area contributed by atoms with Crippen LogP contribution in [0, 0.1) is 13.8 Å². The number of aromatic nitrogens is 3. The first-order chi connectivity index (χ1) is 14.9. The molecule has 3 heterocycles. The highest BCUT2D eigenvalue weighted by Crippen LogP contribution is 2.38. The van der Waals surface area contributed by atoms with Gasteiger partial charge in [0.25, 0.3) is 0 Å². The van der Waals surface area contributed by atoms with Crippen LogP contribution in [0.1, 0.15) is 33.4 Å². The summed E-state index contributed by atoms with van der Waals surface area (Å²) in [5.41, 5.74) is 2.19. The maximum Gasteiger partial charge on any atom is 0.339 e. The van der Waals surface area contributed by atoms with E-state index in [1.807, 2.05) is 12.1 Å². The van der Waals surface area contributed by atoms with Crippen molar-refractivity contribution in [3.05, 3.63) is 57.7 Å². The van der Waals surface area contributed by atoms with Gasteiger partial charge in [-0.2, -0.15) is 0 Å². The lowest BCUT2D eigenvalue weighted by Crippen LogP contribution is -2.08. The minimum absolute atomic E-state index is 0.0223. The van der Waals surface area contributed by atoms with Gasteiger partial charge in [0.05, 0.1) is 11.3 Å². The minimum atomic E-state index is -0.444. The second kappa shape index (κ2) is 9.13. The number of nitrogens with zero attached hydrogens (tertiary/aromatic N) is 3. The second-order valence-corrected chi connectivity index (χ2v) is 9.73. The van der Waals surface area contributed by atoms with E-state index in [1.165, 1.54) is 34.9 Å². The number of fused-ring (bicyclic) bond motifs is 1. The molecule has 1 N–H and O–H groups in total. The van der Waals surface area contributed by atoms with Gasteiger partial charge in [0, 0.05) is 27.5 Å². The number of thiazole rings is 1. The molecule has 0 bridgehead atoms. The number of hydrogen-bond acceptors (Lipinski definition) is 9. The van der Waals surface area contributed by atoms with E-state index in [0.717, 1.165) is 25.7 Å². The molecule has 0 saturated carbocycles. The largest absolute Gasteiger partial charge is 0.456 e. The molecule has 0 fully saturated rings. The first-order valence-corrected chi connectivity index (χ1v) is 11.8. The lowest BCUT2D eigenvalue weighted by atomic mass is 10.2. The van der Waals surface area contributed by atoms with Crippen LogP contribution in [0.4, 0.5) is 5.13 Å². The van der Waals surface area contributed by atoms with Gasteiger partial charge in [-0.3, -0.25) is 4.79 Å². The van der Waals surface area contributed by atoms with Crippen LogP contribution < -0.4 is 5.32 Å². The number of carbonyl (C=O) groups is 2. The Kier molecular flexibility index (Phi) is 6.30. The van der Waals surface area contributed by atoms with Gasteiger partial charge in [-0.25, -0.2) is 19.7 Å². The molecule has 1 amide bonds. The number of carbonyl (C=O) groups excluding carboxylic acids is 2. The number of nitrogens with one attached hydrogen (secondary N) is 1. The molecular formula is C21H18N4O3S3. The second-order valence-electron chi connectivity index (χ2n) is 6.64. The number of amides is 1. The first-order valence-electron chi connectivity index (χ1n) is 9.29. The maximum atomic E-state index is 12.8. The van der Waals surface area contributed by atoms with Gasteiger partial charge < -0.3 is 10.1 Å². The Hall–Kier alpha value is -2.82. The van der Waals surface area contributed by atoms with Crippen molar-refractivity contribution in [2.75, 3.05) is 5.32 Å². The number of aryl methyl sites for hydroxylation is 2. The molecule has 10 heteroatoms. The summed E-state index contributed by atoms with van der Waals surface area (Å²) < 4.78 is 5.47. The summed E-state index contributed by atoms with van der Waals surface area (Å²) in [6.07, 6.45) is 1.55. The number of rotatable bonds is 6. The lowest BCUT2D eigenvalue weighted by Gasteiger charge is -2.09. The van der Waals surface area contributed by atoms with E-state index in [4.69, 9.17) is 4.74 Å². The summed E-state index contributed by atoms with van der Waals surface area (Å²) in [7, 11) is 0. The van der Waals surface area contributed by atoms with Crippen LogP contribution in [0.2, 0.25) is 0 Å². The first kappa shape index (κ1) is 21.4. The molecule has 31 heavy (non-hydrogen) atoms. The van der Waals surface area contributed by atoms with Gasteiger partial charge in [-0.15, -0.1) is 22.7 Å². The Morgan fingerprint density at radius 3 is 2.81 bits per heavy atom. The highest BCUT2D eigenvalue weighted by Gasteiger charge is 2.18. The number of benzene rings is 1. The molecule has 0 aliphatic carbocycles. The Labute approximate surface area is 190 Å². The third-order valence-corrected chi connectivity index (χ3v) is 7.43. The molecule has 4 aromatic rings. The molecule has 0 saturated heterocycles. The van der Waals surface area contributed by atoms with E-state index in [2.05, 4.69) is 34.1 Å². The summed E-state index contributed by atoms with van der Waals surface area (Å²) in [6, 6.07) is 7.29. The fraction of sp³-hybridized carbons (Fsp3) is 0.190. The fourth-order valence-electron chi connectivity index (χ4n) is 2.85. The van der Waals surface area contributed by atoms with E-state index in [1.54, 1.807) is 35.2 Å². The fourth-order valence-corrected chi connectivity index (χ4v) is 5.72. The number of esters is 1. The maximum absolute atomic E-state index is 12.8. The number of thiophene rings is 1. The van der Waals surface area contributed by atoms with Crippen molar-refractivity contribution in [2.24, 2.45) is 0 Å². The van der Waals surface area contributed by atoms with Gasteiger partial charge in [-0.05, 0) is 31.5 Å². The van der Waals surface area contributed by atoms with Crippen molar-refractivity contribution >= 4 is 61.7 Å². The van der Waals surface area contributed by atoms with Gasteiger partial charge >= 0.3 is 5.97 Å². The Bertz CT molecular complexity index is 1280. The van der Waals surface area contributed by atoms with Gasteiger partial charge in [0.1, 0.15) is 22.8 Å². The summed E-state index contributed by atoms with van der Waals surface area (Å²) in [5, 5.41) is 6.67. The average Bonchev–Trinajstić information content (AvgIpc) is 3.30. The van der Waals surface area contributed by atoms with Gasteiger partial charge in [0.2, 0.25) is 5.91 Å². The van der Waals surface area contributed by atoms with Crippen LogP contribution in [0.5, 0.6) is 0 Å². The molecule has 0 aliphatic rings. The van der Waals surface area contributed by atoms with Crippen LogP contribution in [-0.2, 0) is 16.1 Å². The summed E-state index contributed by atoms with van der Waals surface area (Å²) >= 11 is 4.35. The zero-order chi connectivity index (χ0) is 22.0. The predicted octanol–water partition coefficient (Wildman–Crippen LogP) is 5.23. The third-order valence-electron chi connectivity index (χ3n) is 4.43. The molecule has 0 radical (unpaired) electrons. The molecule has 4 rings (SSSR count). The molecule has 1 aromatic carbocycles. The van der Waals surface area contributed by atoms with Crippen molar-refractivity contribution in [1.82, 2.24) is 15.0 Å². The van der Waals surface area contributed by atoms with Crippen molar-refractivity contribution in [3.8, 4) is 0 Å². The highest BCUT2D eigenvalue weighted by atomic mass is 32.2. The SMILES string of the molecule is CC(=O)Nc1nc(COC(=O)c2ccccc2Sc2ncnc3sc(C)c(C)c23)cs1. The zero-order valence-corrected chi connectivity index (χ0v) is 19.4. The highest BCUT2D eigenvalue weighted by molar-refractivity contribution is 7.99. The Morgan fingerprint density at radius 2 is 2.00 bits per heavy atom. The van der Waals surface area contributed by atoms with E-state index in [-0.39, 0.29) is 12.5 Å². The average molecular weight is 471 g/mol. The van der Waals surface area contributed by atoms with E-state index < -0.39 is 5.97 Å². The van der Waals surface area contributed by atoms with Crippen LogP contribution >= 0.6 is 34.4 Å². The van der Waals surface area contributed by atoms with Crippen molar-refractivity contribution in [1.29, 1.82) is 0 Å². The van der Waals surface area contributed by atoms with Crippen LogP contribution in [0.15, 0.2) is 45.9 Å². The lowest BCUT2D eigenvalue weighted by molar-refractivity contribution is -0.114. The molecule has 7 nitrogen and oxygen atoms in total. The predicted molar refractivity (Wildman–Crippen MR) is 123 cm³/mol. The van der Waals surface area contributed by atoms with Crippen molar-refractivity contribution in [2.45, 2.75) is 37.3 Å². The molecular weight excluding hydrogens is 452 g/mol. The number of anilines is 1. The Morgan fingerprint density at radius 1 is 1.19 bits per heavy atom. The molecule has 0 spiro atoms. The normalized spacial score (nSPS) is 10.9. The van der Waals surface area contributed by atoms with E-state index >= 15 is 0 Å². The number of hydrogen-bond donors (Lipinski definition) is 1. The topological polar surface area (TPSA) is 94.1 Å². The third kappa shape index (κ3) is 4.76. The minimum Gasteiger partial charge on any atom is -0.456 e. The molecule has 3 aromatic heterocycles. The number of ether oxygens (including phenoxy) is 1. The molecule has 0 aliphatic heterocycles. The van der Waals surface area contributed by atoms with Crippen molar-refractivity contribution < 1.29 is 14.3 Å². The summed E-state index contributed by atoms with van der Waals surface area (Å²) in [6.45, 7) is 5.57. The standard InChI is InChI=1S/C21H18N4O3S3/c1-11-12(2)30-18-17(11)19(23-10-22-18)31-16-7-5-4-6-15(16)20(27)28-8-14-9-29-21(25-14)24-13(3)26/h4-7,9-10H,8H2,1-3H3,(H,24,25,26). The smallest absolute Gasteiger partial charge is 0.339 e. The van der Waals surface area contributed by atoms with E-state index in [0.29, 0.717) is 16.4 Å². The molecule has 0 atom stereocenters. The van der Waals surface area contributed by atoms with Gasteiger partial charge in [-0.1, -0.05) is 23.9 Å². The summed E-state index contributed by atoms with van der Waals surface area (Å²) in [5.74, 6) is -0.639. The van der Waals surface area contributed by atoms with Crippen LogP contribution in [0.3, 0.4) is 0 Å². The molecule has 0 unspecified atom stereocenters. The van der Waals surface area contributed by atoms with Crippen molar-refractivity contribution in [3.63, 3.8) is 0 Å². The van der Waals surface area contributed by atoms with Gasteiger partial charge in [0.15, 0.2) is 5.13 Å².